The van der Waals surface area contributed by atoms with Crippen molar-refractivity contribution in [2.45, 2.75) is 16.8 Å². The Kier molecular flexibility index (Phi) is 3.85. The second-order valence-electron chi connectivity index (χ2n) is 5.29. The fraction of sp³-hybridized carbons (Fsp3) is 0.125. The van der Waals surface area contributed by atoms with Crippen molar-refractivity contribution in [1.29, 1.82) is 0 Å². The predicted molar refractivity (Wildman–Crippen MR) is 88.0 cm³/mol. The number of halogens is 1. The molecule has 1 unspecified atom stereocenters. The second-order valence-corrected chi connectivity index (χ2v) is 6.46. The molecule has 0 aliphatic carbocycles. The first-order chi connectivity index (χ1) is 12.1. The number of nitrogens with zero attached hydrogens (tertiary/aromatic N) is 4. The molecule has 0 radical (unpaired) electrons. The molecule has 3 aromatic rings. The van der Waals surface area contributed by atoms with Crippen LogP contribution in [0.3, 0.4) is 0 Å². The van der Waals surface area contributed by atoms with Gasteiger partial charge in [-0.05, 0) is 29.8 Å². The van der Waals surface area contributed by atoms with Crippen LogP contribution in [0.4, 0.5) is 4.39 Å². The highest BCUT2D eigenvalue weighted by Crippen LogP contribution is 2.34. The van der Waals surface area contributed by atoms with E-state index in [1.165, 1.54) is 34.8 Å². The number of carbonyl (C=O) groups is 1. The Hall–Kier alpha value is -2.94. The number of fused-ring (bicyclic) bond motifs is 1. The minimum absolute atomic E-state index is 0.135. The van der Waals surface area contributed by atoms with Gasteiger partial charge in [0.25, 0.3) is 0 Å². The molecule has 1 aliphatic heterocycles. The van der Waals surface area contributed by atoms with Crippen LogP contribution >= 0.6 is 11.8 Å². The van der Waals surface area contributed by atoms with Gasteiger partial charge < -0.3 is 9.52 Å². The Morgan fingerprint density at radius 3 is 2.76 bits per heavy atom. The topological polar surface area (TPSA) is 93.5 Å². The predicted octanol–water partition coefficient (Wildman–Crippen LogP) is 2.88. The van der Waals surface area contributed by atoms with E-state index in [-0.39, 0.29) is 12.2 Å². The number of thioether (sulfide) groups is 1. The van der Waals surface area contributed by atoms with Crippen LogP contribution in [0, 0.1) is 5.82 Å². The summed E-state index contributed by atoms with van der Waals surface area (Å²) in [5.74, 6) is -0.408. The van der Waals surface area contributed by atoms with Crippen LogP contribution in [-0.4, -0.2) is 36.9 Å². The molecule has 0 amide bonds. The fourth-order valence-electron chi connectivity index (χ4n) is 2.50. The van der Waals surface area contributed by atoms with Crippen LogP contribution in [0.2, 0.25) is 0 Å². The molecule has 7 nitrogen and oxygen atoms in total. The summed E-state index contributed by atoms with van der Waals surface area (Å²) in [7, 11) is 0. The molecular formula is C16H11FN4O3S. The SMILES string of the molecule is O=C(O)CC1Sc2nnc(-c3ccco3)n2N=C1c1ccc(F)cc1. The summed E-state index contributed by atoms with van der Waals surface area (Å²) in [6.07, 6.45) is 1.38. The van der Waals surface area contributed by atoms with Crippen molar-refractivity contribution in [3.05, 3.63) is 54.0 Å². The van der Waals surface area contributed by atoms with Crippen LogP contribution in [0.25, 0.3) is 11.6 Å². The van der Waals surface area contributed by atoms with Crippen molar-refractivity contribution in [1.82, 2.24) is 14.9 Å². The van der Waals surface area contributed by atoms with Gasteiger partial charge in [-0.15, -0.1) is 10.2 Å². The monoisotopic (exact) mass is 358 g/mol. The highest BCUT2D eigenvalue weighted by Gasteiger charge is 2.31. The highest BCUT2D eigenvalue weighted by molar-refractivity contribution is 8.00. The zero-order chi connectivity index (χ0) is 17.4. The van der Waals surface area contributed by atoms with E-state index in [2.05, 4.69) is 15.3 Å². The van der Waals surface area contributed by atoms with E-state index < -0.39 is 11.2 Å². The van der Waals surface area contributed by atoms with Gasteiger partial charge in [0.15, 0.2) is 5.76 Å². The van der Waals surface area contributed by atoms with Gasteiger partial charge in [-0.2, -0.15) is 9.78 Å². The van der Waals surface area contributed by atoms with Crippen LogP contribution in [-0.2, 0) is 4.79 Å². The first-order valence-corrected chi connectivity index (χ1v) is 8.22. The molecule has 0 saturated heterocycles. The molecule has 2 aromatic heterocycles. The van der Waals surface area contributed by atoms with Crippen molar-refractivity contribution in [3.8, 4) is 11.6 Å². The second kappa shape index (κ2) is 6.17. The molecule has 1 atom stereocenters. The summed E-state index contributed by atoms with van der Waals surface area (Å²) in [6, 6.07) is 9.24. The van der Waals surface area contributed by atoms with E-state index in [1.54, 1.807) is 24.3 Å². The normalized spacial score (nSPS) is 16.4. The van der Waals surface area contributed by atoms with Crippen LogP contribution in [0.1, 0.15) is 12.0 Å². The Labute approximate surface area is 145 Å². The van der Waals surface area contributed by atoms with Crippen molar-refractivity contribution >= 4 is 23.4 Å². The summed E-state index contributed by atoms with van der Waals surface area (Å²) in [6.45, 7) is 0. The lowest BCUT2D eigenvalue weighted by Gasteiger charge is -2.21. The van der Waals surface area contributed by atoms with E-state index in [9.17, 15) is 14.3 Å². The first kappa shape index (κ1) is 15.6. The van der Waals surface area contributed by atoms with E-state index in [0.29, 0.717) is 28.0 Å². The molecule has 3 heterocycles. The van der Waals surface area contributed by atoms with Crippen LogP contribution in [0.5, 0.6) is 0 Å². The summed E-state index contributed by atoms with van der Waals surface area (Å²) in [4.78, 5) is 11.2. The zero-order valence-electron chi connectivity index (χ0n) is 12.7. The van der Waals surface area contributed by atoms with E-state index in [0.717, 1.165) is 0 Å². The van der Waals surface area contributed by atoms with Gasteiger partial charge in [0.1, 0.15) is 5.82 Å². The van der Waals surface area contributed by atoms with Crippen LogP contribution < -0.4 is 0 Å². The molecule has 1 N–H and O–H groups in total. The van der Waals surface area contributed by atoms with Gasteiger partial charge in [0.2, 0.25) is 11.0 Å². The molecule has 25 heavy (non-hydrogen) atoms. The molecular weight excluding hydrogens is 347 g/mol. The third-order valence-corrected chi connectivity index (χ3v) is 4.75. The minimum Gasteiger partial charge on any atom is -0.481 e. The van der Waals surface area contributed by atoms with E-state index in [4.69, 9.17) is 4.42 Å². The molecule has 0 spiro atoms. The number of aromatic nitrogens is 3. The molecule has 126 valence electrons. The number of furan rings is 1. The summed E-state index contributed by atoms with van der Waals surface area (Å²) in [5, 5.41) is 21.9. The number of aliphatic carboxylic acids is 1. The van der Waals surface area contributed by atoms with Crippen LogP contribution in [0.15, 0.2) is 57.3 Å². The highest BCUT2D eigenvalue weighted by atomic mass is 32.2. The Morgan fingerprint density at radius 2 is 2.08 bits per heavy atom. The third kappa shape index (κ3) is 2.93. The van der Waals surface area contributed by atoms with Gasteiger partial charge in [-0.25, -0.2) is 4.39 Å². The molecule has 1 aliphatic rings. The summed E-state index contributed by atoms with van der Waals surface area (Å²) in [5.41, 5.74) is 1.16. The van der Waals surface area contributed by atoms with Crippen molar-refractivity contribution in [3.63, 3.8) is 0 Å². The van der Waals surface area contributed by atoms with Crippen molar-refractivity contribution in [2.75, 3.05) is 0 Å². The zero-order valence-corrected chi connectivity index (χ0v) is 13.5. The maximum atomic E-state index is 13.2. The summed E-state index contributed by atoms with van der Waals surface area (Å²) >= 11 is 1.25. The third-order valence-electron chi connectivity index (χ3n) is 3.61. The Balaban J connectivity index is 1.82. The number of carboxylic acids is 1. The number of hydrogen-bond donors (Lipinski definition) is 1. The van der Waals surface area contributed by atoms with Gasteiger partial charge in [-0.3, -0.25) is 4.79 Å². The largest absolute Gasteiger partial charge is 0.481 e. The van der Waals surface area contributed by atoms with Gasteiger partial charge in [0.05, 0.1) is 23.6 Å². The molecule has 0 fully saturated rings. The fourth-order valence-corrected chi connectivity index (χ4v) is 3.60. The quantitative estimate of drug-likeness (QED) is 0.771. The molecule has 1 aromatic carbocycles. The number of benzene rings is 1. The molecule has 0 saturated carbocycles. The first-order valence-electron chi connectivity index (χ1n) is 7.34. The summed E-state index contributed by atoms with van der Waals surface area (Å²) < 4.78 is 20.1. The number of rotatable bonds is 4. The van der Waals surface area contributed by atoms with Gasteiger partial charge in [-0.1, -0.05) is 23.9 Å². The Morgan fingerprint density at radius 1 is 1.28 bits per heavy atom. The standard InChI is InChI=1S/C16H11FN4O3S/c17-10-5-3-9(4-6-10)14-12(8-13(22)23)25-16-19-18-15(21(16)20-14)11-2-1-7-24-11/h1-7,12H,8H2,(H,22,23). The van der Waals surface area contributed by atoms with Crippen molar-refractivity contribution < 1.29 is 18.7 Å². The minimum atomic E-state index is -0.952. The molecule has 4 rings (SSSR count). The average Bonchev–Trinajstić information content (AvgIpc) is 3.23. The average molecular weight is 358 g/mol. The van der Waals surface area contributed by atoms with E-state index >= 15 is 0 Å². The lowest BCUT2D eigenvalue weighted by atomic mass is 10.1. The van der Waals surface area contributed by atoms with Crippen molar-refractivity contribution in [2.24, 2.45) is 5.10 Å². The maximum absolute atomic E-state index is 13.2. The van der Waals surface area contributed by atoms with E-state index in [1.807, 2.05) is 0 Å². The lowest BCUT2D eigenvalue weighted by Crippen LogP contribution is -2.27. The maximum Gasteiger partial charge on any atom is 0.304 e. The van der Waals surface area contributed by atoms with Gasteiger partial charge >= 0.3 is 5.97 Å². The van der Waals surface area contributed by atoms with Gasteiger partial charge in [0, 0.05) is 0 Å². The lowest BCUT2D eigenvalue weighted by molar-refractivity contribution is -0.136. The molecule has 9 heteroatoms. The number of carboxylic acid groups (broad SMARTS) is 1. The number of hydrogen-bond acceptors (Lipinski definition) is 6. The smallest absolute Gasteiger partial charge is 0.304 e. The Bertz CT molecular complexity index is 950. The molecule has 0 bridgehead atoms.